The molecule has 0 amide bonds. The van der Waals surface area contributed by atoms with Crippen molar-refractivity contribution in [1.29, 1.82) is 0 Å². The van der Waals surface area contributed by atoms with Gasteiger partial charge in [0.1, 0.15) is 23.9 Å². The van der Waals surface area contributed by atoms with E-state index < -0.39 is 0 Å². The van der Waals surface area contributed by atoms with Crippen LogP contribution in [0.25, 0.3) is 0 Å². The molecule has 0 bridgehead atoms. The maximum absolute atomic E-state index is 9.20. The number of nitrogens with zero attached hydrogens (tertiary/aromatic N) is 1. The summed E-state index contributed by atoms with van der Waals surface area (Å²) in [5, 5.41) is 15.6. The van der Waals surface area contributed by atoms with E-state index in [2.05, 4.69) is 10.2 Å². The molecule has 2 rings (SSSR count). The Morgan fingerprint density at radius 3 is 3.00 bits per heavy atom. The van der Waals surface area contributed by atoms with Gasteiger partial charge >= 0.3 is 0 Å². The highest BCUT2D eigenvalue weighted by atomic mass is 16.5. The normalized spacial score (nSPS) is 10.1. The number of hydrogen-bond acceptors (Lipinski definition) is 4. The van der Waals surface area contributed by atoms with Crippen molar-refractivity contribution in [3.63, 3.8) is 0 Å². The maximum Gasteiger partial charge on any atom is 0.125 e. The predicted octanol–water partition coefficient (Wildman–Crippen LogP) is 1.28. The smallest absolute Gasteiger partial charge is 0.125 e. The van der Waals surface area contributed by atoms with E-state index in [1.807, 2.05) is 0 Å². The highest BCUT2D eigenvalue weighted by molar-refractivity contribution is 5.37. The van der Waals surface area contributed by atoms with Crippen LogP contribution in [0.3, 0.4) is 0 Å². The van der Waals surface area contributed by atoms with Crippen LogP contribution in [-0.2, 0) is 6.61 Å². The zero-order valence-electron chi connectivity index (χ0n) is 7.97. The average Bonchev–Trinajstić information content (AvgIpc) is 2.61. The zero-order valence-corrected chi connectivity index (χ0v) is 7.97. The molecule has 78 valence electrons. The summed E-state index contributed by atoms with van der Waals surface area (Å²) >= 11 is 0. The number of ether oxygens (including phenoxy) is 1. The molecule has 0 radical (unpaired) electrons. The average molecular weight is 205 g/mol. The van der Waals surface area contributed by atoms with Gasteiger partial charge in [0.05, 0.1) is 11.8 Å². The van der Waals surface area contributed by atoms with Crippen LogP contribution in [0, 0.1) is 0 Å². The summed E-state index contributed by atoms with van der Waals surface area (Å²) in [6.07, 6.45) is 1.61. The van der Waals surface area contributed by atoms with Crippen molar-refractivity contribution in [2.24, 2.45) is 0 Å². The number of aromatic hydroxyl groups is 1. The summed E-state index contributed by atoms with van der Waals surface area (Å²) in [4.78, 5) is 0. The van der Waals surface area contributed by atoms with Crippen molar-refractivity contribution >= 4 is 5.82 Å². The number of aromatic amines is 1. The van der Waals surface area contributed by atoms with E-state index >= 15 is 0 Å². The number of benzene rings is 1. The minimum absolute atomic E-state index is 0.174. The molecule has 0 saturated carbocycles. The molecule has 0 atom stereocenters. The Bertz CT molecular complexity index is 453. The van der Waals surface area contributed by atoms with E-state index in [0.717, 1.165) is 5.56 Å². The quantitative estimate of drug-likeness (QED) is 0.704. The van der Waals surface area contributed by atoms with Gasteiger partial charge in [-0.3, -0.25) is 5.10 Å². The molecule has 0 unspecified atom stereocenters. The van der Waals surface area contributed by atoms with Crippen LogP contribution < -0.4 is 10.5 Å². The molecule has 4 N–H and O–H groups in total. The first-order chi connectivity index (χ1) is 7.25. The first-order valence-electron chi connectivity index (χ1n) is 4.45. The molecule has 0 aliphatic heterocycles. The van der Waals surface area contributed by atoms with Crippen molar-refractivity contribution in [1.82, 2.24) is 10.2 Å². The third kappa shape index (κ3) is 2.19. The summed E-state index contributed by atoms with van der Waals surface area (Å²) < 4.78 is 5.41. The SMILES string of the molecule is Nc1[nH]ncc1COc1cccc(O)c1. The number of anilines is 1. The second kappa shape index (κ2) is 3.91. The number of H-pyrrole nitrogens is 1. The largest absolute Gasteiger partial charge is 0.508 e. The van der Waals surface area contributed by atoms with E-state index in [9.17, 15) is 5.11 Å². The predicted molar refractivity (Wildman–Crippen MR) is 55.4 cm³/mol. The number of aromatic nitrogens is 2. The van der Waals surface area contributed by atoms with Gasteiger partial charge in [-0.1, -0.05) is 6.07 Å². The molecule has 0 spiro atoms. The fraction of sp³-hybridized carbons (Fsp3) is 0.100. The Morgan fingerprint density at radius 1 is 1.47 bits per heavy atom. The monoisotopic (exact) mass is 205 g/mol. The number of nitrogens with two attached hydrogens (primary N) is 1. The summed E-state index contributed by atoms with van der Waals surface area (Å²) in [6.45, 7) is 0.325. The van der Waals surface area contributed by atoms with Gasteiger partial charge in [-0.05, 0) is 12.1 Å². The van der Waals surface area contributed by atoms with Gasteiger partial charge in [0.15, 0.2) is 0 Å². The lowest BCUT2D eigenvalue weighted by molar-refractivity contribution is 0.305. The van der Waals surface area contributed by atoms with E-state index in [4.69, 9.17) is 10.5 Å². The fourth-order valence-electron chi connectivity index (χ4n) is 1.17. The maximum atomic E-state index is 9.20. The van der Waals surface area contributed by atoms with Gasteiger partial charge < -0.3 is 15.6 Å². The molecular weight excluding hydrogens is 194 g/mol. The molecular formula is C10H11N3O2. The highest BCUT2D eigenvalue weighted by Gasteiger charge is 2.02. The Labute approximate surface area is 86.5 Å². The Hall–Kier alpha value is -2.17. The number of nitrogen functional groups attached to an aromatic ring is 1. The molecule has 5 nitrogen and oxygen atoms in total. The van der Waals surface area contributed by atoms with Crippen molar-refractivity contribution < 1.29 is 9.84 Å². The van der Waals surface area contributed by atoms with Crippen LogP contribution in [-0.4, -0.2) is 15.3 Å². The third-order valence-electron chi connectivity index (χ3n) is 1.96. The molecule has 2 aromatic rings. The lowest BCUT2D eigenvalue weighted by Gasteiger charge is -2.05. The van der Waals surface area contributed by atoms with Gasteiger partial charge in [-0.2, -0.15) is 5.10 Å². The lowest BCUT2D eigenvalue weighted by atomic mass is 10.3. The number of phenolic OH excluding ortho intramolecular Hbond substituents is 1. The van der Waals surface area contributed by atoms with Crippen LogP contribution in [0.1, 0.15) is 5.56 Å². The molecule has 5 heteroatoms. The standard InChI is InChI=1S/C10H11N3O2/c11-10-7(5-12-13-10)6-15-9-3-1-2-8(14)4-9/h1-5,14H,6H2,(H3,11,12,13). The number of nitrogens with one attached hydrogen (secondary N) is 1. The van der Waals surface area contributed by atoms with Crippen LogP contribution in [0.15, 0.2) is 30.5 Å². The summed E-state index contributed by atoms with van der Waals surface area (Å²) in [6, 6.07) is 6.59. The summed E-state index contributed by atoms with van der Waals surface area (Å²) in [7, 11) is 0. The van der Waals surface area contributed by atoms with Crippen LogP contribution in [0.4, 0.5) is 5.82 Å². The Morgan fingerprint density at radius 2 is 2.33 bits per heavy atom. The minimum Gasteiger partial charge on any atom is -0.508 e. The number of hydrogen-bond donors (Lipinski definition) is 3. The van der Waals surface area contributed by atoms with Crippen LogP contribution in [0.5, 0.6) is 11.5 Å². The first kappa shape index (κ1) is 9.39. The van der Waals surface area contributed by atoms with Crippen molar-refractivity contribution in [2.75, 3.05) is 5.73 Å². The van der Waals surface area contributed by atoms with Crippen molar-refractivity contribution in [3.8, 4) is 11.5 Å². The lowest BCUT2D eigenvalue weighted by Crippen LogP contribution is -1.97. The van der Waals surface area contributed by atoms with Gasteiger partial charge in [0.2, 0.25) is 0 Å². The third-order valence-corrected chi connectivity index (χ3v) is 1.96. The van der Waals surface area contributed by atoms with Gasteiger partial charge in [-0.25, -0.2) is 0 Å². The van der Waals surface area contributed by atoms with Gasteiger partial charge in [-0.15, -0.1) is 0 Å². The Kier molecular flexibility index (Phi) is 2.45. The van der Waals surface area contributed by atoms with Gasteiger partial charge in [0.25, 0.3) is 0 Å². The molecule has 0 aliphatic rings. The van der Waals surface area contributed by atoms with Crippen LogP contribution >= 0.6 is 0 Å². The second-order valence-electron chi connectivity index (χ2n) is 3.09. The fourth-order valence-corrected chi connectivity index (χ4v) is 1.17. The molecule has 0 fully saturated rings. The number of rotatable bonds is 3. The topological polar surface area (TPSA) is 84.2 Å². The number of phenols is 1. The van der Waals surface area contributed by atoms with Crippen LogP contribution in [0.2, 0.25) is 0 Å². The molecule has 0 saturated heterocycles. The van der Waals surface area contributed by atoms with Crippen molar-refractivity contribution in [2.45, 2.75) is 6.61 Å². The molecule has 1 aromatic heterocycles. The minimum atomic E-state index is 0.174. The molecule has 0 aliphatic carbocycles. The molecule has 15 heavy (non-hydrogen) atoms. The summed E-state index contributed by atoms with van der Waals surface area (Å²) in [5.41, 5.74) is 6.38. The zero-order chi connectivity index (χ0) is 10.7. The Balaban J connectivity index is 2.02. The molecule has 1 aromatic carbocycles. The van der Waals surface area contributed by atoms with Gasteiger partial charge in [0, 0.05) is 6.07 Å². The second-order valence-corrected chi connectivity index (χ2v) is 3.09. The van der Waals surface area contributed by atoms with E-state index in [1.165, 1.54) is 6.07 Å². The van der Waals surface area contributed by atoms with Crippen molar-refractivity contribution in [3.05, 3.63) is 36.0 Å². The molecule has 1 heterocycles. The highest BCUT2D eigenvalue weighted by Crippen LogP contribution is 2.19. The van der Waals surface area contributed by atoms with E-state index in [-0.39, 0.29) is 5.75 Å². The first-order valence-corrected chi connectivity index (χ1v) is 4.45. The van der Waals surface area contributed by atoms with E-state index in [0.29, 0.717) is 18.2 Å². The van der Waals surface area contributed by atoms with E-state index in [1.54, 1.807) is 24.4 Å². The summed E-state index contributed by atoms with van der Waals surface area (Å²) in [5.74, 6) is 1.26.